The summed E-state index contributed by atoms with van der Waals surface area (Å²) >= 11 is 6.09. The van der Waals surface area contributed by atoms with E-state index in [1.807, 2.05) is 6.08 Å². The summed E-state index contributed by atoms with van der Waals surface area (Å²) in [5, 5.41) is 12.0. The molecule has 0 saturated carbocycles. The first-order valence-corrected chi connectivity index (χ1v) is 5.88. The molecule has 1 saturated heterocycles. The number of rotatable bonds is 6. The molecule has 2 atom stereocenters. The molecular formula is C11H18ClNO2. The number of hydrogen-bond acceptors (Lipinski definition) is 2. The molecule has 0 unspecified atom stereocenters. The summed E-state index contributed by atoms with van der Waals surface area (Å²) in [4.78, 5) is 10.2. The van der Waals surface area contributed by atoms with Gasteiger partial charge >= 0.3 is 5.97 Å². The highest BCUT2D eigenvalue weighted by Crippen LogP contribution is 2.16. The van der Waals surface area contributed by atoms with Crippen molar-refractivity contribution in [3.63, 3.8) is 0 Å². The number of carboxylic acid groups (broad SMARTS) is 1. The minimum absolute atomic E-state index is 0.244. The molecule has 0 radical (unpaired) electrons. The minimum Gasteiger partial charge on any atom is -0.481 e. The maximum absolute atomic E-state index is 10.2. The van der Waals surface area contributed by atoms with Gasteiger partial charge < -0.3 is 10.4 Å². The number of carbonyl (C=O) groups is 1. The SMILES string of the molecule is O=C(O)CCCC=CC[C@H]1NCC[C@H]1Cl. The van der Waals surface area contributed by atoms with Crippen LogP contribution in [0.1, 0.15) is 32.1 Å². The third-order valence-corrected chi connectivity index (χ3v) is 3.10. The standard InChI is InChI=1S/C11H18ClNO2/c12-9-7-8-13-10(9)5-3-1-2-4-6-11(14)15/h1,3,9-10,13H,2,4-8H2,(H,14,15)/t9-,10-/m1/s1. The Bertz CT molecular complexity index is 231. The summed E-state index contributed by atoms with van der Waals surface area (Å²) in [5.41, 5.74) is 0. The second kappa shape index (κ2) is 6.85. The van der Waals surface area contributed by atoms with E-state index in [0.29, 0.717) is 12.5 Å². The van der Waals surface area contributed by atoms with Crippen molar-refractivity contribution in [3.05, 3.63) is 12.2 Å². The number of nitrogens with one attached hydrogen (secondary N) is 1. The molecule has 0 spiro atoms. The predicted octanol–water partition coefficient (Wildman–Crippen LogP) is 2.16. The molecule has 0 aromatic rings. The highest BCUT2D eigenvalue weighted by molar-refractivity contribution is 6.21. The van der Waals surface area contributed by atoms with Gasteiger partial charge in [0, 0.05) is 12.5 Å². The first-order chi connectivity index (χ1) is 7.20. The number of halogens is 1. The zero-order chi connectivity index (χ0) is 11.1. The first kappa shape index (κ1) is 12.5. The fourth-order valence-corrected chi connectivity index (χ4v) is 2.00. The zero-order valence-corrected chi connectivity index (χ0v) is 9.54. The number of allylic oxidation sites excluding steroid dienone is 1. The molecule has 1 rings (SSSR count). The van der Waals surface area contributed by atoms with Gasteiger partial charge in [-0.05, 0) is 32.2 Å². The van der Waals surface area contributed by atoms with Crippen LogP contribution in [0.2, 0.25) is 0 Å². The van der Waals surface area contributed by atoms with Crippen LogP contribution in [0.15, 0.2) is 12.2 Å². The van der Waals surface area contributed by atoms with Crippen LogP contribution in [0.25, 0.3) is 0 Å². The fourth-order valence-electron chi connectivity index (χ4n) is 1.70. The quantitative estimate of drug-likeness (QED) is 0.419. The molecule has 1 aliphatic rings. The summed E-state index contributed by atoms with van der Waals surface area (Å²) < 4.78 is 0. The van der Waals surface area contributed by atoms with Crippen molar-refractivity contribution in [2.75, 3.05) is 6.54 Å². The van der Waals surface area contributed by atoms with Crippen LogP contribution in [0.3, 0.4) is 0 Å². The van der Waals surface area contributed by atoms with Crippen molar-refractivity contribution < 1.29 is 9.90 Å². The Balaban J connectivity index is 2.03. The van der Waals surface area contributed by atoms with Crippen LogP contribution in [0.4, 0.5) is 0 Å². The number of aliphatic carboxylic acids is 1. The van der Waals surface area contributed by atoms with Crippen molar-refractivity contribution in [1.82, 2.24) is 5.32 Å². The van der Waals surface area contributed by atoms with Gasteiger partial charge in [0.25, 0.3) is 0 Å². The fraction of sp³-hybridized carbons (Fsp3) is 0.727. The van der Waals surface area contributed by atoms with Gasteiger partial charge in [-0.2, -0.15) is 0 Å². The lowest BCUT2D eigenvalue weighted by Crippen LogP contribution is -2.26. The van der Waals surface area contributed by atoms with Crippen molar-refractivity contribution in [1.29, 1.82) is 0 Å². The highest BCUT2D eigenvalue weighted by atomic mass is 35.5. The van der Waals surface area contributed by atoms with Crippen LogP contribution >= 0.6 is 11.6 Å². The van der Waals surface area contributed by atoms with Gasteiger partial charge in [0.05, 0.1) is 5.38 Å². The second-order valence-corrected chi connectivity index (χ2v) is 4.42. The lowest BCUT2D eigenvalue weighted by molar-refractivity contribution is -0.137. The maximum atomic E-state index is 10.2. The third-order valence-electron chi connectivity index (χ3n) is 2.58. The minimum atomic E-state index is -0.721. The number of alkyl halides is 1. The molecule has 0 aliphatic carbocycles. The summed E-state index contributed by atoms with van der Waals surface area (Å²) in [5.74, 6) is -0.721. The van der Waals surface area contributed by atoms with E-state index in [9.17, 15) is 4.79 Å². The van der Waals surface area contributed by atoms with Crippen molar-refractivity contribution in [3.8, 4) is 0 Å². The molecule has 3 nitrogen and oxygen atoms in total. The molecule has 86 valence electrons. The van der Waals surface area contributed by atoms with Gasteiger partial charge in [0.2, 0.25) is 0 Å². The molecule has 0 aromatic carbocycles. The van der Waals surface area contributed by atoms with Gasteiger partial charge in [-0.3, -0.25) is 4.79 Å². The first-order valence-electron chi connectivity index (χ1n) is 5.44. The van der Waals surface area contributed by atoms with E-state index < -0.39 is 5.97 Å². The van der Waals surface area contributed by atoms with Crippen LogP contribution in [-0.2, 0) is 4.79 Å². The van der Waals surface area contributed by atoms with E-state index in [1.165, 1.54) is 0 Å². The molecular weight excluding hydrogens is 214 g/mol. The number of hydrogen-bond donors (Lipinski definition) is 2. The monoisotopic (exact) mass is 231 g/mol. The molecule has 0 amide bonds. The van der Waals surface area contributed by atoms with Gasteiger partial charge in [0.15, 0.2) is 0 Å². The average molecular weight is 232 g/mol. The van der Waals surface area contributed by atoms with E-state index in [2.05, 4.69) is 11.4 Å². The van der Waals surface area contributed by atoms with Gasteiger partial charge in [-0.15, -0.1) is 11.6 Å². The Morgan fingerprint density at radius 2 is 2.33 bits per heavy atom. The van der Waals surface area contributed by atoms with Gasteiger partial charge in [-0.25, -0.2) is 0 Å². The Hall–Kier alpha value is -0.540. The van der Waals surface area contributed by atoms with Crippen LogP contribution in [-0.4, -0.2) is 29.0 Å². The number of carboxylic acids is 1. The maximum Gasteiger partial charge on any atom is 0.303 e. The third kappa shape index (κ3) is 5.19. The van der Waals surface area contributed by atoms with E-state index >= 15 is 0 Å². The zero-order valence-electron chi connectivity index (χ0n) is 8.79. The molecule has 2 N–H and O–H groups in total. The Kier molecular flexibility index (Phi) is 5.73. The van der Waals surface area contributed by atoms with E-state index in [0.717, 1.165) is 25.8 Å². The largest absolute Gasteiger partial charge is 0.481 e. The lowest BCUT2D eigenvalue weighted by atomic mass is 10.1. The van der Waals surface area contributed by atoms with Crippen LogP contribution in [0, 0.1) is 0 Å². The van der Waals surface area contributed by atoms with Gasteiger partial charge in [-0.1, -0.05) is 12.2 Å². The van der Waals surface area contributed by atoms with Crippen LogP contribution in [0.5, 0.6) is 0 Å². The average Bonchev–Trinajstić information content (AvgIpc) is 2.57. The van der Waals surface area contributed by atoms with E-state index in [-0.39, 0.29) is 11.8 Å². The molecule has 1 fully saturated rings. The Morgan fingerprint density at radius 1 is 1.53 bits per heavy atom. The van der Waals surface area contributed by atoms with Crippen molar-refractivity contribution in [2.45, 2.75) is 43.5 Å². The summed E-state index contributed by atoms with van der Waals surface area (Å²) in [7, 11) is 0. The molecule has 0 aromatic heterocycles. The van der Waals surface area contributed by atoms with Crippen LogP contribution < -0.4 is 5.32 Å². The summed E-state index contributed by atoms with van der Waals surface area (Å²) in [6.07, 6.45) is 7.94. The molecule has 15 heavy (non-hydrogen) atoms. The predicted molar refractivity (Wildman–Crippen MR) is 61.3 cm³/mol. The normalized spacial score (nSPS) is 26.2. The van der Waals surface area contributed by atoms with E-state index in [1.54, 1.807) is 0 Å². The van der Waals surface area contributed by atoms with Crippen molar-refractivity contribution >= 4 is 17.6 Å². The Morgan fingerprint density at radius 3 is 2.93 bits per heavy atom. The molecule has 1 heterocycles. The highest BCUT2D eigenvalue weighted by Gasteiger charge is 2.22. The van der Waals surface area contributed by atoms with Gasteiger partial charge in [0.1, 0.15) is 0 Å². The smallest absolute Gasteiger partial charge is 0.303 e. The lowest BCUT2D eigenvalue weighted by Gasteiger charge is -2.10. The summed E-state index contributed by atoms with van der Waals surface area (Å²) in [6.45, 7) is 1.01. The Labute approximate surface area is 95.5 Å². The second-order valence-electron chi connectivity index (χ2n) is 3.86. The number of unbranched alkanes of at least 4 members (excludes halogenated alkanes) is 1. The summed E-state index contributed by atoms with van der Waals surface area (Å²) in [6, 6.07) is 0.391. The molecule has 0 bridgehead atoms. The van der Waals surface area contributed by atoms with Crippen molar-refractivity contribution in [2.24, 2.45) is 0 Å². The topological polar surface area (TPSA) is 49.3 Å². The van der Waals surface area contributed by atoms with E-state index in [4.69, 9.17) is 16.7 Å². The molecule has 4 heteroatoms. The molecule has 1 aliphatic heterocycles.